The Morgan fingerprint density at radius 2 is 1.66 bits per heavy atom. The van der Waals surface area contributed by atoms with Crippen molar-refractivity contribution in [3.63, 3.8) is 0 Å². The molecule has 3 aromatic carbocycles. The number of allylic oxidation sites excluding steroid dienone is 1. The van der Waals surface area contributed by atoms with Crippen LogP contribution >= 0.6 is 11.3 Å². The van der Waals surface area contributed by atoms with E-state index < -0.39 is 18.0 Å². The van der Waals surface area contributed by atoms with E-state index in [1.807, 2.05) is 50.2 Å². The first-order chi connectivity index (χ1) is 22.6. The van der Waals surface area contributed by atoms with Crippen LogP contribution in [0, 0.1) is 5.92 Å². The van der Waals surface area contributed by atoms with E-state index in [4.69, 9.17) is 23.7 Å². The SMILES string of the molecule is COc1cc(/C=c2/sc3n(c2=O)C(c2ccc(OC(C)=O)c(OC)c2)C(C(=O)OCC(C)C)=C(C)N=3)ccc1OCc1ccccc1. The van der Waals surface area contributed by atoms with E-state index in [2.05, 4.69) is 4.99 Å². The highest BCUT2D eigenvalue weighted by atomic mass is 32.1. The molecular formula is C36H36N2O8S. The average molecular weight is 657 g/mol. The molecule has 5 rings (SSSR count). The van der Waals surface area contributed by atoms with Crippen molar-refractivity contribution in [1.82, 2.24) is 4.57 Å². The van der Waals surface area contributed by atoms with Crippen LogP contribution in [0.3, 0.4) is 0 Å². The summed E-state index contributed by atoms with van der Waals surface area (Å²) in [5.41, 5.74) is 2.62. The third-order valence-corrected chi connectivity index (χ3v) is 8.25. The lowest BCUT2D eigenvalue weighted by Crippen LogP contribution is -2.40. The number of esters is 2. The lowest BCUT2D eigenvalue weighted by Gasteiger charge is -2.25. The molecule has 0 fully saturated rings. The van der Waals surface area contributed by atoms with Gasteiger partial charge in [-0.05, 0) is 59.9 Å². The number of nitrogens with zero attached hydrogens (tertiary/aromatic N) is 2. The van der Waals surface area contributed by atoms with Crippen LogP contribution in [0.4, 0.5) is 0 Å². The number of rotatable bonds is 11. The smallest absolute Gasteiger partial charge is 0.338 e. The van der Waals surface area contributed by atoms with Gasteiger partial charge >= 0.3 is 11.9 Å². The zero-order chi connectivity index (χ0) is 33.7. The summed E-state index contributed by atoms with van der Waals surface area (Å²) in [6, 6.07) is 19.3. The Labute approximate surface area is 276 Å². The highest BCUT2D eigenvalue weighted by molar-refractivity contribution is 7.07. The van der Waals surface area contributed by atoms with E-state index in [1.165, 1.54) is 29.9 Å². The van der Waals surface area contributed by atoms with Gasteiger partial charge in [0.05, 0.1) is 42.7 Å². The number of fused-ring (bicyclic) bond motifs is 1. The molecule has 0 radical (unpaired) electrons. The predicted molar refractivity (Wildman–Crippen MR) is 178 cm³/mol. The fourth-order valence-electron chi connectivity index (χ4n) is 5.09. The quantitative estimate of drug-likeness (QED) is 0.165. The summed E-state index contributed by atoms with van der Waals surface area (Å²) in [4.78, 5) is 44.4. The molecule has 10 nitrogen and oxygen atoms in total. The van der Waals surface area contributed by atoms with Crippen LogP contribution in [0.1, 0.15) is 50.4 Å². The summed E-state index contributed by atoms with van der Waals surface area (Å²) in [5.74, 6) is 0.600. The molecule has 0 spiro atoms. The predicted octanol–water partition coefficient (Wildman–Crippen LogP) is 4.96. The first-order valence-electron chi connectivity index (χ1n) is 15.0. The molecule has 0 bridgehead atoms. The van der Waals surface area contributed by atoms with Gasteiger partial charge in [0.2, 0.25) is 0 Å². The molecule has 11 heteroatoms. The van der Waals surface area contributed by atoms with Gasteiger partial charge in [-0.1, -0.05) is 67.6 Å². The zero-order valence-electron chi connectivity index (χ0n) is 27.1. The van der Waals surface area contributed by atoms with Crippen molar-refractivity contribution in [1.29, 1.82) is 0 Å². The molecule has 1 aliphatic heterocycles. The summed E-state index contributed by atoms with van der Waals surface area (Å²) in [6.07, 6.45) is 1.75. The summed E-state index contributed by atoms with van der Waals surface area (Å²) < 4.78 is 29.9. The molecule has 1 unspecified atom stereocenters. The molecule has 1 aliphatic rings. The summed E-state index contributed by atoms with van der Waals surface area (Å²) in [7, 11) is 3.01. The molecule has 0 aliphatic carbocycles. The van der Waals surface area contributed by atoms with Crippen molar-refractivity contribution in [3.05, 3.63) is 114 Å². The van der Waals surface area contributed by atoms with Gasteiger partial charge in [-0.25, -0.2) is 9.79 Å². The van der Waals surface area contributed by atoms with Gasteiger partial charge in [0.15, 0.2) is 27.8 Å². The minimum Gasteiger partial charge on any atom is -0.493 e. The summed E-state index contributed by atoms with van der Waals surface area (Å²) >= 11 is 1.21. The van der Waals surface area contributed by atoms with E-state index in [0.29, 0.717) is 38.7 Å². The second-order valence-corrected chi connectivity index (χ2v) is 12.3. The second kappa shape index (κ2) is 14.5. The lowest BCUT2D eigenvalue weighted by atomic mass is 9.95. The summed E-state index contributed by atoms with van der Waals surface area (Å²) in [6.45, 7) is 7.48. The molecule has 0 saturated heterocycles. The van der Waals surface area contributed by atoms with Crippen LogP contribution in [0.15, 0.2) is 87.8 Å². The number of carbonyl (C=O) groups excluding carboxylic acids is 2. The van der Waals surface area contributed by atoms with Gasteiger partial charge in [0, 0.05) is 6.92 Å². The Kier molecular flexibility index (Phi) is 10.3. The Morgan fingerprint density at radius 1 is 0.957 bits per heavy atom. The number of benzene rings is 3. The minimum absolute atomic E-state index is 0.106. The topological polar surface area (TPSA) is 115 Å². The highest BCUT2D eigenvalue weighted by Crippen LogP contribution is 2.36. The van der Waals surface area contributed by atoms with Crippen LogP contribution in [-0.2, 0) is 20.9 Å². The van der Waals surface area contributed by atoms with Gasteiger partial charge in [0.25, 0.3) is 5.56 Å². The number of carbonyl (C=O) groups is 2. The molecule has 1 aromatic heterocycles. The molecule has 244 valence electrons. The van der Waals surface area contributed by atoms with Crippen molar-refractivity contribution >= 4 is 29.4 Å². The van der Waals surface area contributed by atoms with E-state index in [0.717, 1.165) is 11.1 Å². The van der Waals surface area contributed by atoms with Crippen LogP contribution in [0.2, 0.25) is 0 Å². The lowest BCUT2D eigenvalue weighted by molar-refractivity contribution is -0.140. The minimum atomic E-state index is -0.878. The highest BCUT2D eigenvalue weighted by Gasteiger charge is 2.34. The zero-order valence-corrected chi connectivity index (χ0v) is 27.9. The van der Waals surface area contributed by atoms with Crippen LogP contribution in [0.25, 0.3) is 6.08 Å². The number of methoxy groups -OCH3 is 2. The molecule has 47 heavy (non-hydrogen) atoms. The van der Waals surface area contributed by atoms with E-state index in [1.54, 1.807) is 50.4 Å². The third kappa shape index (κ3) is 7.47. The second-order valence-electron chi connectivity index (χ2n) is 11.3. The Hall–Kier alpha value is -5.16. The fraction of sp³-hybridized carbons (Fsp3) is 0.278. The molecule has 0 N–H and O–H groups in total. The Bertz CT molecular complexity index is 2010. The van der Waals surface area contributed by atoms with Gasteiger partial charge < -0.3 is 23.7 Å². The first-order valence-corrected chi connectivity index (χ1v) is 15.8. The van der Waals surface area contributed by atoms with Gasteiger partial charge in [-0.3, -0.25) is 14.2 Å². The third-order valence-electron chi connectivity index (χ3n) is 7.27. The molecule has 4 aromatic rings. The number of hydrogen-bond acceptors (Lipinski definition) is 10. The van der Waals surface area contributed by atoms with Crippen molar-refractivity contribution in [2.45, 2.75) is 40.3 Å². The van der Waals surface area contributed by atoms with Crippen LogP contribution in [0.5, 0.6) is 23.0 Å². The molecule has 0 amide bonds. The number of ether oxygens (including phenoxy) is 5. The van der Waals surface area contributed by atoms with Crippen LogP contribution < -0.4 is 33.8 Å². The molecule has 2 heterocycles. The normalized spacial score (nSPS) is 14.4. The average Bonchev–Trinajstić information content (AvgIpc) is 3.36. The standard InChI is InChI=1S/C36H36N2O8S/c1-21(2)19-45-35(41)32-22(3)37-36-38(33(32)26-13-15-28(46-23(4)39)30(18-26)43-6)34(40)31(47-36)17-25-12-14-27(29(16-25)42-5)44-20-24-10-8-7-9-11-24/h7-18,21,33H,19-20H2,1-6H3/b31-17+. The van der Waals surface area contributed by atoms with Gasteiger partial charge in [-0.2, -0.15) is 0 Å². The summed E-state index contributed by atoms with van der Waals surface area (Å²) in [5, 5.41) is 0. The molecular weight excluding hydrogens is 620 g/mol. The van der Waals surface area contributed by atoms with E-state index in [-0.39, 0.29) is 35.2 Å². The number of aromatic nitrogens is 1. The number of thiazole rings is 1. The largest absolute Gasteiger partial charge is 0.493 e. The Balaban J connectivity index is 1.58. The molecule has 1 atom stereocenters. The molecule has 0 saturated carbocycles. The van der Waals surface area contributed by atoms with E-state index in [9.17, 15) is 14.4 Å². The van der Waals surface area contributed by atoms with Gasteiger partial charge in [0.1, 0.15) is 6.61 Å². The fourth-order valence-corrected chi connectivity index (χ4v) is 6.14. The van der Waals surface area contributed by atoms with Crippen LogP contribution in [-0.4, -0.2) is 37.3 Å². The monoisotopic (exact) mass is 656 g/mol. The first kappa shape index (κ1) is 33.2. The van der Waals surface area contributed by atoms with Crippen molar-refractivity contribution in [2.75, 3.05) is 20.8 Å². The maximum absolute atomic E-state index is 14.1. The number of hydrogen-bond donors (Lipinski definition) is 0. The van der Waals surface area contributed by atoms with Crippen molar-refractivity contribution in [3.8, 4) is 23.0 Å². The van der Waals surface area contributed by atoms with Crippen molar-refractivity contribution in [2.24, 2.45) is 10.9 Å². The van der Waals surface area contributed by atoms with E-state index >= 15 is 0 Å². The maximum Gasteiger partial charge on any atom is 0.338 e. The maximum atomic E-state index is 14.1. The van der Waals surface area contributed by atoms with Crippen molar-refractivity contribution < 1.29 is 33.3 Å². The Morgan fingerprint density at radius 3 is 2.34 bits per heavy atom. The van der Waals surface area contributed by atoms with Gasteiger partial charge in [-0.15, -0.1) is 0 Å².